The van der Waals surface area contributed by atoms with Crippen LogP contribution in [0.5, 0.6) is 0 Å². The third-order valence-electron chi connectivity index (χ3n) is 2.13. The van der Waals surface area contributed by atoms with Crippen molar-refractivity contribution in [3.63, 3.8) is 0 Å². The van der Waals surface area contributed by atoms with Gasteiger partial charge in [0, 0.05) is 11.5 Å². The summed E-state index contributed by atoms with van der Waals surface area (Å²) in [5.41, 5.74) is 6.01. The Labute approximate surface area is 56.4 Å². The molecule has 0 bridgehead atoms. The first-order chi connectivity index (χ1) is 4.04. The summed E-state index contributed by atoms with van der Waals surface area (Å²) in [6.07, 6.45) is 0.236. The summed E-state index contributed by atoms with van der Waals surface area (Å²) in [6, 6.07) is 0.206. The molecule has 1 aliphatic rings. The van der Waals surface area contributed by atoms with Gasteiger partial charge in [0.15, 0.2) is 0 Å². The standard InChI is InChI=1S/C7H15NO/c1-5-6(8)7(2,3)4-9-5/h5-6H,4,8H2,1-3H3/t5-,6-/m1/s1. The number of hydrogen-bond donors (Lipinski definition) is 1. The van der Waals surface area contributed by atoms with Crippen molar-refractivity contribution in [1.29, 1.82) is 0 Å². The number of rotatable bonds is 0. The molecule has 1 rings (SSSR count). The number of ether oxygens (including phenoxy) is 1. The summed E-state index contributed by atoms with van der Waals surface area (Å²) in [5, 5.41) is 0. The molecule has 2 heteroatoms. The maximum Gasteiger partial charge on any atom is 0.0704 e. The maximum absolute atomic E-state index is 5.83. The van der Waals surface area contributed by atoms with Crippen LogP contribution in [0.15, 0.2) is 0 Å². The van der Waals surface area contributed by atoms with E-state index in [1.165, 1.54) is 0 Å². The van der Waals surface area contributed by atoms with Crippen LogP contribution in [0.4, 0.5) is 0 Å². The largest absolute Gasteiger partial charge is 0.376 e. The van der Waals surface area contributed by atoms with Crippen molar-refractivity contribution in [3.05, 3.63) is 0 Å². The molecule has 1 aliphatic heterocycles. The van der Waals surface area contributed by atoms with E-state index in [2.05, 4.69) is 13.8 Å². The van der Waals surface area contributed by atoms with E-state index in [0.29, 0.717) is 0 Å². The first-order valence-electron chi connectivity index (χ1n) is 3.41. The molecule has 0 spiro atoms. The molecular formula is C7H15NO. The fourth-order valence-electron chi connectivity index (χ4n) is 1.18. The van der Waals surface area contributed by atoms with Gasteiger partial charge in [-0.1, -0.05) is 13.8 Å². The Hall–Kier alpha value is -0.0800. The van der Waals surface area contributed by atoms with E-state index in [1.807, 2.05) is 6.92 Å². The fraction of sp³-hybridized carbons (Fsp3) is 1.00. The van der Waals surface area contributed by atoms with Crippen LogP contribution in [0.2, 0.25) is 0 Å². The van der Waals surface area contributed by atoms with E-state index >= 15 is 0 Å². The summed E-state index contributed by atoms with van der Waals surface area (Å²) in [6.45, 7) is 7.11. The smallest absolute Gasteiger partial charge is 0.0704 e. The highest BCUT2D eigenvalue weighted by molar-refractivity contribution is 4.90. The summed E-state index contributed by atoms with van der Waals surface area (Å²) in [4.78, 5) is 0. The molecule has 1 heterocycles. The summed E-state index contributed by atoms with van der Waals surface area (Å²) in [7, 11) is 0. The zero-order chi connectivity index (χ0) is 7.07. The van der Waals surface area contributed by atoms with Gasteiger partial charge in [-0.15, -0.1) is 0 Å². The molecule has 0 unspecified atom stereocenters. The Morgan fingerprint density at radius 1 is 1.56 bits per heavy atom. The van der Waals surface area contributed by atoms with E-state index in [0.717, 1.165) is 6.61 Å². The minimum absolute atomic E-state index is 0.180. The van der Waals surface area contributed by atoms with E-state index in [4.69, 9.17) is 10.5 Å². The fourth-order valence-corrected chi connectivity index (χ4v) is 1.18. The molecule has 9 heavy (non-hydrogen) atoms. The maximum atomic E-state index is 5.83. The van der Waals surface area contributed by atoms with Gasteiger partial charge in [0.25, 0.3) is 0 Å². The van der Waals surface area contributed by atoms with Gasteiger partial charge in [-0.2, -0.15) is 0 Å². The summed E-state index contributed by atoms with van der Waals surface area (Å²) < 4.78 is 5.36. The van der Waals surface area contributed by atoms with Crippen LogP contribution >= 0.6 is 0 Å². The third kappa shape index (κ3) is 1.10. The Morgan fingerprint density at radius 3 is 2.22 bits per heavy atom. The zero-order valence-electron chi connectivity index (χ0n) is 6.35. The van der Waals surface area contributed by atoms with Gasteiger partial charge in [-0.25, -0.2) is 0 Å². The number of hydrogen-bond acceptors (Lipinski definition) is 2. The molecule has 0 aromatic rings. The molecule has 1 saturated heterocycles. The van der Waals surface area contributed by atoms with Crippen molar-refractivity contribution < 1.29 is 4.74 Å². The SMILES string of the molecule is C[C@H]1OCC(C)(C)[C@@H]1N. The minimum Gasteiger partial charge on any atom is -0.376 e. The summed E-state index contributed by atoms with van der Waals surface area (Å²) in [5.74, 6) is 0. The lowest BCUT2D eigenvalue weighted by Crippen LogP contribution is -2.39. The zero-order valence-corrected chi connectivity index (χ0v) is 6.35. The molecule has 2 nitrogen and oxygen atoms in total. The lowest BCUT2D eigenvalue weighted by molar-refractivity contribution is 0.109. The number of nitrogens with two attached hydrogens (primary N) is 1. The predicted molar refractivity (Wildman–Crippen MR) is 37.2 cm³/mol. The second-order valence-electron chi connectivity index (χ2n) is 3.53. The Bertz CT molecular complexity index is 111. The van der Waals surface area contributed by atoms with E-state index < -0.39 is 0 Å². The second kappa shape index (κ2) is 1.96. The quantitative estimate of drug-likeness (QED) is 0.524. The Balaban J connectivity index is 2.62. The molecule has 0 saturated carbocycles. The lowest BCUT2D eigenvalue weighted by atomic mass is 9.86. The monoisotopic (exact) mass is 129 g/mol. The van der Waals surface area contributed by atoms with Gasteiger partial charge >= 0.3 is 0 Å². The molecule has 2 N–H and O–H groups in total. The first-order valence-corrected chi connectivity index (χ1v) is 3.41. The Morgan fingerprint density at radius 2 is 2.11 bits per heavy atom. The van der Waals surface area contributed by atoms with Crippen molar-refractivity contribution >= 4 is 0 Å². The highest BCUT2D eigenvalue weighted by atomic mass is 16.5. The summed E-state index contributed by atoms with van der Waals surface area (Å²) >= 11 is 0. The highest BCUT2D eigenvalue weighted by Crippen LogP contribution is 2.29. The molecule has 54 valence electrons. The molecule has 0 radical (unpaired) electrons. The molecule has 0 aromatic carbocycles. The van der Waals surface area contributed by atoms with Crippen LogP contribution in [0, 0.1) is 5.41 Å². The van der Waals surface area contributed by atoms with Crippen LogP contribution in [0.1, 0.15) is 20.8 Å². The average Bonchev–Trinajstić information content (AvgIpc) is 1.97. The van der Waals surface area contributed by atoms with Crippen molar-refractivity contribution in [2.75, 3.05) is 6.61 Å². The molecular weight excluding hydrogens is 114 g/mol. The highest BCUT2D eigenvalue weighted by Gasteiger charge is 2.37. The normalized spacial score (nSPS) is 41.3. The van der Waals surface area contributed by atoms with Gasteiger partial charge in [-0.05, 0) is 6.92 Å². The molecule has 1 fully saturated rings. The van der Waals surface area contributed by atoms with Gasteiger partial charge in [0.05, 0.1) is 12.7 Å². The predicted octanol–water partition coefficient (Wildman–Crippen LogP) is 0.759. The van der Waals surface area contributed by atoms with Crippen molar-refractivity contribution in [2.24, 2.45) is 11.1 Å². The van der Waals surface area contributed by atoms with Crippen molar-refractivity contribution in [3.8, 4) is 0 Å². The lowest BCUT2D eigenvalue weighted by Gasteiger charge is -2.21. The molecule has 2 atom stereocenters. The van der Waals surface area contributed by atoms with Crippen LogP contribution < -0.4 is 5.73 Å². The minimum atomic E-state index is 0.180. The van der Waals surface area contributed by atoms with Crippen LogP contribution in [0.25, 0.3) is 0 Å². The van der Waals surface area contributed by atoms with Gasteiger partial charge in [0.2, 0.25) is 0 Å². The van der Waals surface area contributed by atoms with Gasteiger partial charge < -0.3 is 10.5 Å². The second-order valence-corrected chi connectivity index (χ2v) is 3.53. The third-order valence-corrected chi connectivity index (χ3v) is 2.13. The van der Waals surface area contributed by atoms with Gasteiger partial charge in [0.1, 0.15) is 0 Å². The first kappa shape index (κ1) is 7.03. The average molecular weight is 129 g/mol. The van der Waals surface area contributed by atoms with E-state index in [-0.39, 0.29) is 17.6 Å². The van der Waals surface area contributed by atoms with Gasteiger partial charge in [-0.3, -0.25) is 0 Å². The van der Waals surface area contributed by atoms with Crippen LogP contribution in [-0.2, 0) is 4.74 Å². The molecule has 0 amide bonds. The Kier molecular flexibility index (Phi) is 1.53. The topological polar surface area (TPSA) is 35.2 Å². The molecule has 0 aliphatic carbocycles. The van der Waals surface area contributed by atoms with E-state index in [9.17, 15) is 0 Å². The molecule has 0 aromatic heterocycles. The van der Waals surface area contributed by atoms with Crippen LogP contribution in [0.3, 0.4) is 0 Å². The van der Waals surface area contributed by atoms with Crippen molar-refractivity contribution in [2.45, 2.75) is 32.9 Å². The van der Waals surface area contributed by atoms with Crippen molar-refractivity contribution in [1.82, 2.24) is 0 Å². The van der Waals surface area contributed by atoms with E-state index in [1.54, 1.807) is 0 Å². The van der Waals surface area contributed by atoms with Crippen LogP contribution in [-0.4, -0.2) is 18.8 Å².